The highest BCUT2D eigenvalue weighted by Gasteiger charge is 2.27. The molecule has 6 nitrogen and oxygen atoms in total. The molecule has 0 saturated carbocycles. The lowest BCUT2D eigenvalue weighted by atomic mass is 10.0. The van der Waals surface area contributed by atoms with Crippen molar-refractivity contribution in [3.05, 3.63) is 59.2 Å². The second kappa shape index (κ2) is 11.2. The number of benzene rings is 2. The highest BCUT2D eigenvalue weighted by Crippen LogP contribution is 2.27. The van der Waals surface area contributed by atoms with Crippen molar-refractivity contribution in [2.75, 3.05) is 46.6 Å². The van der Waals surface area contributed by atoms with E-state index in [-0.39, 0.29) is 18.6 Å². The van der Waals surface area contributed by atoms with E-state index in [0.29, 0.717) is 12.5 Å². The van der Waals surface area contributed by atoms with Gasteiger partial charge in [0.15, 0.2) is 6.61 Å². The Labute approximate surface area is 185 Å². The molecule has 1 aliphatic heterocycles. The molecule has 1 atom stereocenters. The van der Waals surface area contributed by atoms with Gasteiger partial charge in [-0.05, 0) is 54.3 Å². The van der Waals surface area contributed by atoms with Crippen molar-refractivity contribution >= 4 is 5.91 Å². The van der Waals surface area contributed by atoms with Gasteiger partial charge in [-0.1, -0.05) is 26.0 Å². The van der Waals surface area contributed by atoms with Crippen molar-refractivity contribution in [3.8, 4) is 11.5 Å². The number of carbonyl (C=O) groups is 1. The third kappa shape index (κ3) is 6.45. The molecule has 0 radical (unpaired) electrons. The Morgan fingerprint density at radius 1 is 1.13 bits per heavy atom. The summed E-state index contributed by atoms with van der Waals surface area (Å²) < 4.78 is 16.7. The molecule has 0 spiro atoms. The number of hydrogen-bond donors (Lipinski definition) is 2. The molecule has 1 saturated heterocycles. The first-order valence-corrected chi connectivity index (χ1v) is 11.0. The number of rotatable bonds is 9. The van der Waals surface area contributed by atoms with Crippen molar-refractivity contribution in [2.45, 2.75) is 32.7 Å². The lowest BCUT2D eigenvalue weighted by Crippen LogP contribution is -3.15. The smallest absolute Gasteiger partial charge is 0.258 e. The fraction of sp³-hybridized carbons (Fsp3) is 0.480. The summed E-state index contributed by atoms with van der Waals surface area (Å²) in [5.41, 5.74) is 3.42. The largest absolute Gasteiger partial charge is 0.497 e. The van der Waals surface area contributed by atoms with Crippen LogP contribution >= 0.6 is 0 Å². The van der Waals surface area contributed by atoms with E-state index in [4.69, 9.17) is 14.2 Å². The molecule has 0 aromatic heterocycles. The standard InChI is InChI=1S/C25H34N2O4/c1-18(2)22-10-5-19(3)15-24(22)31-17-25(28)26-16-23(27-11-13-30-14-12-27)20-6-8-21(29-4)9-7-20/h5-10,15,18,23H,11-14,16-17H2,1-4H3,(H,26,28)/p+1/t23-/m1/s1. The maximum Gasteiger partial charge on any atom is 0.258 e. The van der Waals surface area contributed by atoms with Gasteiger partial charge in [-0.2, -0.15) is 0 Å². The average Bonchev–Trinajstić information content (AvgIpc) is 2.79. The van der Waals surface area contributed by atoms with E-state index in [9.17, 15) is 4.79 Å². The first-order chi connectivity index (χ1) is 15.0. The average molecular weight is 428 g/mol. The second-order valence-electron chi connectivity index (χ2n) is 8.39. The van der Waals surface area contributed by atoms with E-state index >= 15 is 0 Å². The van der Waals surface area contributed by atoms with Gasteiger partial charge in [-0.25, -0.2) is 0 Å². The zero-order valence-corrected chi connectivity index (χ0v) is 19.1. The number of ether oxygens (including phenoxy) is 3. The summed E-state index contributed by atoms with van der Waals surface area (Å²) in [4.78, 5) is 14.0. The number of hydrogen-bond acceptors (Lipinski definition) is 4. The Kier molecular flexibility index (Phi) is 8.32. The molecule has 6 heteroatoms. The van der Waals surface area contributed by atoms with Crippen LogP contribution in [0, 0.1) is 6.92 Å². The van der Waals surface area contributed by atoms with Gasteiger partial charge < -0.3 is 24.4 Å². The minimum atomic E-state index is -0.109. The first-order valence-electron chi connectivity index (χ1n) is 11.0. The Balaban J connectivity index is 1.62. The van der Waals surface area contributed by atoms with E-state index in [1.807, 2.05) is 25.1 Å². The SMILES string of the molecule is COc1ccc([C@@H](CNC(=O)COc2cc(C)ccc2C(C)C)[NH+]2CCOCC2)cc1. The van der Waals surface area contributed by atoms with Gasteiger partial charge in [0.25, 0.3) is 5.91 Å². The van der Waals surface area contributed by atoms with Crippen LogP contribution < -0.4 is 19.7 Å². The Bertz CT molecular complexity index is 845. The molecule has 168 valence electrons. The summed E-state index contributed by atoms with van der Waals surface area (Å²) in [6.07, 6.45) is 0. The van der Waals surface area contributed by atoms with Crippen LogP contribution in [0.25, 0.3) is 0 Å². The summed E-state index contributed by atoms with van der Waals surface area (Å²) in [6, 6.07) is 14.4. The molecular weight excluding hydrogens is 392 g/mol. The van der Waals surface area contributed by atoms with Gasteiger partial charge in [0.05, 0.1) is 26.9 Å². The molecular formula is C25H35N2O4+. The number of quaternary nitrogens is 1. The monoisotopic (exact) mass is 427 g/mol. The molecule has 0 bridgehead atoms. The minimum absolute atomic E-state index is 0.0109. The minimum Gasteiger partial charge on any atom is -0.497 e. The lowest BCUT2D eigenvalue weighted by molar-refractivity contribution is -0.937. The van der Waals surface area contributed by atoms with E-state index < -0.39 is 0 Å². The normalized spacial score (nSPS) is 15.5. The van der Waals surface area contributed by atoms with Crippen LogP contribution in [0.15, 0.2) is 42.5 Å². The molecule has 1 amide bonds. The van der Waals surface area contributed by atoms with Crippen LogP contribution in [-0.2, 0) is 9.53 Å². The molecule has 2 N–H and O–H groups in total. The topological polar surface area (TPSA) is 61.2 Å². The van der Waals surface area contributed by atoms with Crippen LogP contribution in [0.3, 0.4) is 0 Å². The summed E-state index contributed by atoms with van der Waals surface area (Å²) in [7, 11) is 1.67. The van der Waals surface area contributed by atoms with Crippen molar-refractivity contribution in [2.24, 2.45) is 0 Å². The molecule has 31 heavy (non-hydrogen) atoms. The van der Waals surface area contributed by atoms with Crippen molar-refractivity contribution in [1.82, 2.24) is 5.32 Å². The van der Waals surface area contributed by atoms with Gasteiger partial charge in [-0.15, -0.1) is 0 Å². The van der Waals surface area contributed by atoms with Gasteiger partial charge in [0, 0.05) is 5.56 Å². The zero-order chi connectivity index (χ0) is 22.2. The molecule has 2 aromatic rings. The first kappa shape index (κ1) is 23.1. The summed E-state index contributed by atoms with van der Waals surface area (Å²) in [5.74, 6) is 1.84. The van der Waals surface area contributed by atoms with Gasteiger partial charge in [0.1, 0.15) is 30.6 Å². The van der Waals surface area contributed by atoms with E-state index in [2.05, 4.69) is 43.4 Å². The predicted molar refractivity (Wildman–Crippen MR) is 121 cm³/mol. The molecule has 0 unspecified atom stereocenters. The summed E-state index contributed by atoms with van der Waals surface area (Å²) in [5, 5.41) is 3.08. The molecule has 0 aliphatic carbocycles. The van der Waals surface area contributed by atoms with E-state index in [1.54, 1.807) is 7.11 Å². The second-order valence-corrected chi connectivity index (χ2v) is 8.39. The number of methoxy groups -OCH3 is 1. The molecule has 2 aromatic carbocycles. The van der Waals surface area contributed by atoms with Crippen LogP contribution in [0.2, 0.25) is 0 Å². The number of amides is 1. The maximum atomic E-state index is 12.6. The highest BCUT2D eigenvalue weighted by molar-refractivity contribution is 5.77. The van der Waals surface area contributed by atoms with Crippen molar-refractivity contribution < 1.29 is 23.9 Å². The highest BCUT2D eigenvalue weighted by atomic mass is 16.5. The van der Waals surface area contributed by atoms with E-state index in [0.717, 1.165) is 48.9 Å². The van der Waals surface area contributed by atoms with Gasteiger partial charge >= 0.3 is 0 Å². The number of morpholine rings is 1. The van der Waals surface area contributed by atoms with Gasteiger partial charge in [0.2, 0.25) is 0 Å². The number of nitrogens with one attached hydrogen (secondary N) is 2. The molecule has 1 heterocycles. The van der Waals surface area contributed by atoms with Crippen LogP contribution in [-0.4, -0.2) is 52.5 Å². The summed E-state index contributed by atoms with van der Waals surface area (Å²) in [6.45, 7) is 10.2. The van der Waals surface area contributed by atoms with Crippen LogP contribution in [0.4, 0.5) is 0 Å². The number of carbonyl (C=O) groups excluding carboxylic acids is 1. The quantitative estimate of drug-likeness (QED) is 0.645. The third-order valence-electron chi connectivity index (χ3n) is 5.80. The maximum absolute atomic E-state index is 12.6. The molecule has 1 fully saturated rings. The van der Waals surface area contributed by atoms with Gasteiger partial charge in [-0.3, -0.25) is 4.79 Å². The predicted octanol–water partition coefficient (Wildman–Crippen LogP) is 2.28. The summed E-state index contributed by atoms with van der Waals surface area (Å²) >= 11 is 0. The van der Waals surface area contributed by atoms with Crippen molar-refractivity contribution in [3.63, 3.8) is 0 Å². The third-order valence-corrected chi connectivity index (χ3v) is 5.80. The Morgan fingerprint density at radius 2 is 1.84 bits per heavy atom. The van der Waals surface area contributed by atoms with Crippen LogP contribution in [0.5, 0.6) is 11.5 Å². The lowest BCUT2D eigenvalue weighted by Gasteiger charge is -2.32. The van der Waals surface area contributed by atoms with Crippen LogP contribution in [0.1, 0.15) is 42.5 Å². The van der Waals surface area contributed by atoms with E-state index in [1.165, 1.54) is 10.5 Å². The molecule has 3 rings (SSSR count). The Hall–Kier alpha value is -2.57. The number of aryl methyl sites for hydroxylation is 1. The fourth-order valence-electron chi connectivity index (χ4n) is 3.97. The Morgan fingerprint density at radius 3 is 2.48 bits per heavy atom. The molecule has 1 aliphatic rings. The zero-order valence-electron chi connectivity index (χ0n) is 19.1. The fourth-order valence-corrected chi connectivity index (χ4v) is 3.97. The van der Waals surface area contributed by atoms with Crippen molar-refractivity contribution in [1.29, 1.82) is 0 Å².